The Morgan fingerprint density at radius 2 is 1.86 bits per heavy atom. The molecule has 6 heteroatoms. The topological polar surface area (TPSA) is 55.7 Å². The Morgan fingerprint density at radius 1 is 1.27 bits per heavy atom. The minimum Gasteiger partial charge on any atom is -0.387 e. The summed E-state index contributed by atoms with van der Waals surface area (Å²) in [5, 5.41) is 3.81. The van der Waals surface area contributed by atoms with Crippen molar-refractivity contribution in [3.8, 4) is 0 Å². The minimum atomic E-state index is -3.48. The molecule has 1 aliphatic heterocycles. The van der Waals surface area contributed by atoms with Gasteiger partial charge in [0.2, 0.25) is 0 Å². The van der Waals surface area contributed by atoms with Gasteiger partial charge in [-0.1, -0.05) is 50.2 Å². The van der Waals surface area contributed by atoms with E-state index >= 15 is 0 Å². The first-order chi connectivity index (χ1) is 10.1. The molecule has 0 N–H and O–H groups in total. The van der Waals surface area contributed by atoms with Gasteiger partial charge in [0.1, 0.15) is 0 Å². The van der Waals surface area contributed by atoms with Gasteiger partial charge in [0, 0.05) is 6.42 Å². The summed E-state index contributed by atoms with van der Waals surface area (Å²) >= 11 is 5.79. The maximum absolute atomic E-state index is 12.4. The molecule has 4 nitrogen and oxygen atoms in total. The lowest BCUT2D eigenvalue weighted by molar-refractivity contribution is 0.0152. The summed E-state index contributed by atoms with van der Waals surface area (Å²) < 4.78 is 24.9. The SMILES string of the molecule is CC1(CCl)CC(S(=O)(=O)Cc2ccc(C(C)(C)C)cc2)=NO1. The Hall–Kier alpha value is -1.07. The first-order valence-electron chi connectivity index (χ1n) is 7.19. The van der Waals surface area contributed by atoms with Crippen LogP contribution in [-0.2, 0) is 25.8 Å². The molecule has 0 saturated carbocycles. The fourth-order valence-electron chi connectivity index (χ4n) is 2.19. The highest BCUT2D eigenvalue weighted by Gasteiger charge is 2.39. The molecule has 1 atom stereocenters. The van der Waals surface area contributed by atoms with E-state index in [4.69, 9.17) is 16.4 Å². The molecule has 122 valence electrons. The molecule has 1 aliphatic rings. The van der Waals surface area contributed by atoms with Crippen molar-refractivity contribution in [1.29, 1.82) is 0 Å². The molecule has 2 rings (SSSR count). The zero-order valence-corrected chi connectivity index (χ0v) is 15.0. The number of hydrogen-bond donors (Lipinski definition) is 0. The summed E-state index contributed by atoms with van der Waals surface area (Å²) in [6, 6.07) is 7.66. The lowest BCUT2D eigenvalue weighted by Gasteiger charge is -2.19. The Kier molecular flexibility index (Phi) is 4.60. The fraction of sp³-hybridized carbons (Fsp3) is 0.562. The largest absolute Gasteiger partial charge is 0.387 e. The fourth-order valence-corrected chi connectivity index (χ4v) is 3.80. The lowest BCUT2D eigenvalue weighted by atomic mass is 9.87. The van der Waals surface area contributed by atoms with E-state index in [2.05, 4.69) is 25.9 Å². The van der Waals surface area contributed by atoms with Crippen molar-refractivity contribution in [3.63, 3.8) is 0 Å². The molecule has 1 aromatic carbocycles. The number of halogens is 1. The average molecular weight is 344 g/mol. The van der Waals surface area contributed by atoms with E-state index in [0.717, 1.165) is 5.56 Å². The molecule has 22 heavy (non-hydrogen) atoms. The van der Waals surface area contributed by atoms with Crippen molar-refractivity contribution in [2.45, 2.75) is 50.9 Å². The summed E-state index contributed by atoms with van der Waals surface area (Å²) in [6.07, 6.45) is 0.221. The smallest absolute Gasteiger partial charge is 0.199 e. The third-order valence-corrected chi connectivity index (χ3v) is 5.93. The zero-order valence-electron chi connectivity index (χ0n) is 13.4. The molecular formula is C16H22ClNO3S. The predicted octanol–water partition coefficient (Wildman–Crippen LogP) is 3.63. The molecule has 0 bridgehead atoms. The van der Waals surface area contributed by atoms with E-state index in [1.54, 1.807) is 6.92 Å². The van der Waals surface area contributed by atoms with Crippen LogP contribution in [-0.4, -0.2) is 24.9 Å². The number of nitrogens with zero attached hydrogens (tertiary/aromatic N) is 1. The first-order valence-corrected chi connectivity index (χ1v) is 9.38. The van der Waals surface area contributed by atoms with Crippen LogP contribution in [0.1, 0.15) is 45.2 Å². The van der Waals surface area contributed by atoms with Crippen molar-refractivity contribution in [2.75, 3.05) is 5.88 Å². The molecule has 1 aromatic rings. The molecule has 0 saturated heterocycles. The van der Waals surface area contributed by atoms with Crippen LogP contribution in [0.4, 0.5) is 0 Å². The standard InChI is InChI=1S/C16H22ClNO3S/c1-15(2,3)13-7-5-12(6-8-13)10-22(19,20)14-9-16(4,11-17)21-18-14/h5-8H,9-11H2,1-4H3. The summed E-state index contributed by atoms with van der Waals surface area (Å²) in [6.45, 7) is 8.12. The third kappa shape index (κ3) is 3.82. The average Bonchev–Trinajstić information content (AvgIpc) is 2.82. The molecular weight excluding hydrogens is 322 g/mol. The van der Waals surface area contributed by atoms with Crippen LogP contribution in [0.15, 0.2) is 29.4 Å². The van der Waals surface area contributed by atoms with Crippen LogP contribution in [0, 0.1) is 0 Å². The zero-order chi connectivity index (χ0) is 16.6. The molecule has 0 spiro atoms. The number of sulfone groups is 1. The molecule has 0 aromatic heterocycles. The van der Waals surface area contributed by atoms with Crippen LogP contribution in [0.3, 0.4) is 0 Å². The quantitative estimate of drug-likeness (QED) is 0.787. The second kappa shape index (κ2) is 5.85. The summed E-state index contributed by atoms with van der Waals surface area (Å²) in [5.41, 5.74) is 1.24. The van der Waals surface area contributed by atoms with Crippen molar-refractivity contribution in [1.82, 2.24) is 0 Å². The van der Waals surface area contributed by atoms with Gasteiger partial charge in [0.25, 0.3) is 0 Å². The second-order valence-electron chi connectivity index (χ2n) is 7.04. The molecule has 1 unspecified atom stereocenters. The van der Waals surface area contributed by atoms with Crippen LogP contribution in [0.2, 0.25) is 0 Å². The highest BCUT2D eigenvalue weighted by Crippen LogP contribution is 2.28. The highest BCUT2D eigenvalue weighted by atomic mass is 35.5. The van der Waals surface area contributed by atoms with E-state index in [-0.39, 0.29) is 28.5 Å². The van der Waals surface area contributed by atoms with E-state index < -0.39 is 15.4 Å². The summed E-state index contributed by atoms with van der Waals surface area (Å²) in [5.74, 6) is 0.133. The Morgan fingerprint density at radius 3 is 2.32 bits per heavy atom. The van der Waals surface area contributed by atoms with Gasteiger partial charge in [-0.15, -0.1) is 11.6 Å². The molecule has 1 heterocycles. The van der Waals surface area contributed by atoms with E-state index in [0.29, 0.717) is 0 Å². The number of rotatable bonds is 3. The van der Waals surface area contributed by atoms with E-state index in [9.17, 15) is 8.42 Å². The summed E-state index contributed by atoms with van der Waals surface area (Å²) in [7, 11) is -3.48. The Bertz CT molecular complexity index is 674. The van der Waals surface area contributed by atoms with Crippen LogP contribution in [0.5, 0.6) is 0 Å². The van der Waals surface area contributed by atoms with Gasteiger partial charge in [-0.05, 0) is 23.5 Å². The monoisotopic (exact) mass is 343 g/mol. The van der Waals surface area contributed by atoms with Gasteiger partial charge in [0.05, 0.1) is 11.6 Å². The number of alkyl halides is 1. The van der Waals surface area contributed by atoms with Gasteiger partial charge in [-0.25, -0.2) is 8.42 Å². The number of oxime groups is 1. The molecule has 0 fully saturated rings. The van der Waals surface area contributed by atoms with Crippen LogP contribution >= 0.6 is 11.6 Å². The molecule has 0 radical (unpaired) electrons. The third-order valence-electron chi connectivity index (χ3n) is 3.71. The normalized spacial score (nSPS) is 22.3. The van der Waals surface area contributed by atoms with Gasteiger partial charge < -0.3 is 4.84 Å². The van der Waals surface area contributed by atoms with Gasteiger partial charge in [-0.3, -0.25) is 0 Å². The number of hydrogen-bond acceptors (Lipinski definition) is 4. The van der Waals surface area contributed by atoms with Gasteiger partial charge in [-0.2, -0.15) is 0 Å². The minimum absolute atomic E-state index is 0.0446. The molecule has 0 aliphatic carbocycles. The van der Waals surface area contributed by atoms with E-state index in [1.807, 2.05) is 24.3 Å². The Balaban J connectivity index is 2.13. The van der Waals surface area contributed by atoms with Gasteiger partial charge >= 0.3 is 0 Å². The van der Waals surface area contributed by atoms with Crippen molar-refractivity contribution in [2.24, 2.45) is 5.16 Å². The first kappa shape index (κ1) is 17.3. The summed E-state index contributed by atoms with van der Waals surface area (Å²) in [4.78, 5) is 5.17. The van der Waals surface area contributed by atoms with Gasteiger partial charge in [0.15, 0.2) is 20.5 Å². The lowest BCUT2D eigenvalue weighted by Crippen LogP contribution is -2.28. The maximum atomic E-state index is 12.4. The molecule has 0 amide bonds. The number of benzene rings is 1. The van der Waals surface area contributed by atoms with Crippen molar-refractivity contribution < 1.29 is 13.3 Å². The highest BCUT2D eigenvalue weighted by molar-refractivity contribution is 8.05. The maximum Gasteiger partial charge on any atom is 0.199 e. The second-order valence-corrected chi connectivity index (χ2v) is 9.30. The predicted molar refractivity (Wildman–Crippen MR) is 90.0 cm³/mol. The van der Waals surface area contributed by atoms with Crippen LogP contribution in [0.25, 0.3) is 0 Å². The van der Waals surface area contributed by atoms with Crippen molar-refractivity contribution >= 4 is 26.5 Å². The Labute approximate surface area is 137 Å². The van der Waals surface area contributed by atoms with Crippen molar-refractivity contribution in [3.05, 3.63) is 35.4 Å². The van der Waals surface area contributed by atoms with Crippen LogP contribution < -0.4 is 0 Å². The van der Waals surface area contributed by atoms with E-state index in [1.165, 1.54) is 5.56 Å².